The first-order chi connectivity index (χ1) is 13.2. The van der Waals surface area contributed by atoms with Crippen molar-refractivity contribution in [3.05, 3.63) is 0 Å². The van der Waals surface area contributed by atoms with E-state index in [0.29, 0.717) is 6.61 Å². The Morgan fingerprint density at radius 2 is 1.32 bits per heavy atom. The lowest BCUT2D eigenvalue weighted by molar-refractivity contribution is -0.870. The van der Waals surface area contributed by atoms with Crippen LogP contribution in [0.1, 0.15) is 97.3 Å². The molecule has 28 heavy (non-hydrogen) atoms. The summed E-state index contributed by atoms with van der Waals surface area (Å²) in [5.41, 5.74) is 0. The van der Waals surface area contributed by atoms with Crippen LogP contribution in [0.2, 0.25) is 0 Å². The summed E-state index contributed by atoms with van der Waals surface area (Å²) in [4.78, 5) is 23.3. The molecule has 0 aliphatic heterocycles. The van der Waals surface area contributed by atoms with Gasteiger partial charge in [0.15, 0.2) is 0 Å². The minimum Gasteiger partial charge on any atom is -0.462 e. The Hall–Kier alpha value is -1.10. The number of nitrogens with zero attached hydrogens (tertiary/aromatic N) is 1. The Labute approximate surface area is 173 Å². The third kappa shape index (κ3) is 19.7. The Kier molecular flexibility index (Phi) is 16.2. The van der Waals surface area contributed by atoms with Crippen LogP contribution in [-0.2, 0) is 19.1 Å². The van der Waals surface area contributed by atoms with Crippen LogP contribution in [0.5, 0.6) is 0 Å². The summed E-state index contributed by atoms with van der Waals surface area (Å²) in [6.45, 7) is 4.81. The largest absolute Gasteiger partial charge is 0.462 e. The van der Waals surface area contributed by atoms with Crippen LogP contribution in [0.4, 0.5) is 0 Å². The van der Waals surface area contributed by atoms with E-state index < -0.39 is 0 Å². The number of esters is 2. The third-order valence-corrected chi connectivity index (χ3v) is 4.88. The Morgan fingerprint density at radius 3 is 1.79 bits per heavy atom. The monoisotopic (exact) mass is 400 g/mol. The van der Waals surface area contributed by atoms with Crippen LogP contribution >= 0.6 is 0 Å². The second-order valence-electron chi connectivity index (χ2n) is 8.99. The number of unbranched alkanes of at least 4 members (excludes halogenated alkanes) is 10. The second-order valence-corrected chi connectivity index (χ2v) is 8.99. The van der Waals surface area contributed by atoms with Gasteiger partial charge in [-0.15, -0.1) is 0 Å². The van der Waals surface area contributed by atoms with Gasteiger partial charge in [0.25, 0.3) is 0 Å². The number of hydrogen-bond acceptors (Lipinski definition) is 4. The smallest absolute Gasteiger partial charge is 0.309 e. The molecule has 0 unspecified atom stereocenters. The molecule has 5 heteroatoms. The van der Waals surface area contributed by atoms with Crippen LogP contribution in [0, 0.1) is 0 Å². The molecule has 0 heterocycles. The Balaban J connectivity index is 3.83. The normalized spacial score (nSPS) is 12.6. The summed E-state index contributed by atoms with van der Waals surface area (Å²) < 4.78 is 11.4. The molecule has 0 aromatic carbocycles. The molecule has 0 aliphatic carbocycles. The number of likely N-dealkylation sites (N-methyl/N-ethyl adjacent to an activating group) is 1. The van der Waals surface area contributed by atoms with Gasteiger partial charge in [-0.25, -0.2) is 0 Å². The first-order valence-electron chi connectivity index (χ1n) is 11.4. The molecule has 0 bridgehead atoms. The van der Waals surface area contributed by atoms with Crippen LogP contribution in [0.3, 0.4) is 0 Å². The minimum atomic E-state index is -0.354. The van der Waals surface area contributed by atoms with Crippen LogP contribution in [0.15, 0.2) is 0 Å². The number of rotatable bonds is 18. The lowest BCUT2D eigenvalue weighted by Crippen LogP contribution is -2.38. The Morgan fingerprint density at radius 1 is 0.821 bits per heavy atom. The van der Waals surface area contributed by atoms with E-state index in [2.05, 4.69) is 28.1 Å². The summed E-state index contributed by atoms with van der Waals surface area (Å²) in [7, 11) is 6.17. The summed E-state index contributed by atoms with van der Waals surface area (Å²) in [5, 5.41) is 0. The standard InChI is InChI=1S/C23H46NO4/c1-6-7-8-9-10-11-12-13-14-15-16-17-22(28-21(2)25)20-23(26)27-19-18-24(3,4)5/h22H,6-20H2,1-5H3/q+1/t22-/m0/s1. The van der Waals surface area contributed by atoms with Crippen molar-refractivity contribution < 1.29 is 23.5 Å². The van der Waals surface area contributed by atoms with Crippen molar-refractivity contribution in [2.45, 2.75) is 103 Å². The molecule has 0 amide bonds. The second kappa shape index (κ2) is 16.8. The molecule has 0 radical (unpaired) electrons. The molecule has 0 N–H and O–H groups in total. The van der Waals surface area contributed by atoms with Crippen LogP contribution in [0.25, 0.3) is 0 Å². The first kappa shape index (κ1) is 26.9. The van der Waals surface area contributed by atoms with Crippen molar-refractivity contribution >= 4 is 11.9 Å². The van der Waals surface area contributed by atoms with Gasteiger partial charge in [-0.2, -0.15) is 0 Å². The molecule has 0 aromatic rings. The molecule has 0 spiro atoms. The maximum atomic E-state index is 12.0. The fourth-order valence-corrected chi connectivity index (χ4v) is 3.15. The van der Waals surface area contributed by atoms with Crippen molar-refractivity contribution in [3.8, 4) is 0 Å². The van der Waals surface area contributed by atoms with E-state index >= 15 is 0 Å². The highest BCUT2D eigenvalue weighted by Crippen LogP contribution is 2.15. The molecule has 1 atom stereocenters. The highest BCUT2D eigenvalue weighted by Gasteiger charge is 2.18. The zero-order valence-electron chi connectivity index (χ0n) is 19.3. The van der Waals surface area contributed by atoms with Crippen molar-refractivity contribution in [2.75, 3.05) is 34.3 Å². The van der Waals surface area contributed by atoms with Gasteiger partial charge in [-0.05, 0) is 12.8 Å². The molecule has 5 nitrogen and oxygen atoms in total. The van der Waals surface area contributed by atoms with Gasteiger partial charge in [0.2, 0.25) is 0 Å². The predicted octanol–water partition coefficient (Wildman–Crippen LogP) is 5.26. The number of ether oxygens (including phenoxy) is 2. The van der Waals surface area contributed by atoms with E-state index in [4.69, 9.17) is 9.47 Å². The number of carbonyl (C=O) groups excluding carboxylic acids is 2. The van der Waals surface area contributed by atoms with E-state index in [9.17, 15) is 9.59 Å². The van der Waals surface area contributed by atoms with Gasteiger partial charge in [-0.3, -0.25) is 9.59 Å². The van der Waals surface area contributed by atoms with Gasteiger partial charge < -0.3 is 14.0 Å². The van der Waals surface area contributed by atoms with Gasteiger partial charge in [0.05, 0.1) is 27.6 Å². The number of carbonyl (C=O) groups is 2. The predicted molar refractivity (Wildman–Crippen MR) is 115 cm³/mol. The van der Waals surface area contributed by atoms with Gasteiger partial charge in [0, 0.05) is 6.92 Å². The molecule has 0 aliphatic rings. The molecule has 166 valence electrons. The zero-order valence-corrected chi connectivity index (χ0v) is 19.3. The van der Waals surface area contributed by atoms with E-state index in [1.54, 1.807) is 0 Å². The average Bonchev–Trinajstić information content (AvgIpc) is 2.57. The number of hydrogen-bond donors (Lipinski definition) is 0. The van der Waals surface area contributed by atoms with Crippen molar-refractivity contribution in [1.82, 2.24) is 0 Å². The van der Waals surface area contributed by atoms with E-state index in [1.807, 2.05) is 0 Å². The third-order valence-electron chi connectivity index (χ3n) is 4.88. The van der Waals surface area contributed by atoms with E-state index in [1.165, 1.54) is 64.7 Å². The quantitative estimate of drug-likeness (QED) is 0.179. The summed E-state index contributed by atoms with van der Waals surface area (Å²) in [6, 6.07) is 0. The van der Waals surface area contributed by atoms with E-state index in [-0.39, 0.29) is 24.5 Å². The van der Waals surface area contributed by atoms with Crippen molar-refractivity contribution in [3.63, 3.8) is 0 Å². The molecule has 0 rings (SSSR count). The molecule has 0 fully saturated rings. The SMILES string of the molecule is CCCCCCCCCCCCC[C@@H](CC(=O)OCC[N+](C)(C)C)OC(C)=O. The fourth-order valence-electron chi connectivity index (χ4n) is 3.15. The topological polar surface area (TPSA) is 52.6 Å². The highest BCUT2D eigenvalue weighted by molar-refractivity contribution is 5.71. The van der Waals surface area contributed by atoms with Gasteiger partial charge in [0.1, 0.15) is 19.3 Å². The highest BCUT2D eigenvalue weighted by atomic mass is 16.6. The molecular formula is C23H46NO4+. The number of quaternary nitrogens is 1. The Bertz CT molecular complexity index is 404. The van der Waals surface area contributed by atoms with Crippen molar-refractivity contribution in [1.29, 1.82) is 0 Å². The van der Waals surface area contributed by atoms with E-state index in [0.717, 1.165) is 30.3 Å². The van der Waals surface area contributed by atoms with Crippen LogP contribution in [-0.4, -0.2) is 56.8 Å². The lowest BCUT2D eigenvalue weighted by atomic mass is 10.0. The van der Waals surface area contributed by atoms with Crippen molar-refractivity contribution in [2.24, 2.45) is 0 Å². The van der Waals surface area contributed by atoms with Gasteiger partial charge >= 0.3 is 11.9 Å². The average molecular weight is 401 g/mol. The summed E-state index contributed by atoms with van der Waals surface area (Å²) in [5.74, 6) is -0.602. The molecule has 0 aromatic heterocycles. The minimum absolute atomic E-state index is 0.161. The fraction of sp³-hybridized carbons (Fsp3) is 0.913. The summed E-state index contributed by atoms with van der Waals surface area (Å²) >= 11 is 0. The van der Waals surface area contributed by atoms with Crippen LogP contribution < -0.4 is 0 Å². The van der Waals surface area contributed by atoms with Gasteiger partial charge in [-0.1, -0.05) is 71.1 Å². The summed E-state index contributed by atoms with van der Waals surface area (Å²) in [6.07, 6.45) is 14.6. The maximum absolute atomic E-state index is 12.0. The molecule has 0 saturated carbocycles. The first-order valence-corrected chi connectivity index (χ1v) is 11.4. The lowest BCUT2D eigenvalue weighted by Gasteiger charge is -2.23. The zero-order chi connectivity index (χ0) is 21.3. The molecular weight excluding hydrogens is 354 g/mol. The maximum Gasteiger partial charge on any atom is 0.309 e. The molecule has 0 saturated heterocycles.